The van der Waals surface area contributed by atoms with Gasteiger partial charge in [-0.1, -0.05) is 103 Å². The number of benzene rings is 4. The molecule has 5 rings (SSSR count). The minimum Gasteiger partial charge on any atom is -0.380 e. The molecule has 32 heavy (non-hydrogen) atoms. The monoisotopic (exact) mass is 485 g/mol. The van der Waals surface area contributed by atoms with E-state index in [0.29, 0.717) is 39.4 Å². The van der Waals surface area contributed by atoms with Crippen LogP contribution in [0.25, 0.3) is 21.9 Å². The summed E-state index contributed by atoms with van der Waals surface area (Å²) in [7, 11) is 0. The molecule has 162 valence electrons. The molecule has 0 saturated heterocycles. The van der Waals surface area contributed by atoms with Crippen molar-refractivity contribution in [2.45, 2.75) is 30.2 Å². The molecule has 1 N–H and O–H groups in total. The normalized spacial score (nSPS) is 23.5. The van der Waals surface area contributed by atoms with Crippen LogP contribution in [0.4, 0.5) is 0 Å². The average Bonchev–Trinajstić information content (AvgIpc) is 3.42. The summed E-state index contributed by atoms with van der Waals surface area (Å²) in [5, 5.41) is 14.2. The van der Waals surface area contributed by atoms with Gasteiger partial charge in [0.1, 0.15) is 9.93 Å². The SMILES string of the molecule is [2H]c1c([2H])c([2H])c(-c2c(C)c([C@](O)(c3ccccc3)[C@]3(C)CC3(Cl)Cl)c(Cl)c3ccccc23)c([2H])c1[2H]. The first-order valence-electron chi connectivity index (χ1n) is 12.7. The molecule has 1 nitrogen and oxygen atoms in total. The lowest BCUT2D eigenvalue weighted by Gasteiger charge is -2.39. The predicted octanol–water partition coefficient (Wildman–Crippen LogP) is 8.29. The molecule has 1 saturated carbocycles. The molecule has 2 atom stereocenters. The van der Waals surface area contributed by atoms with Gasteiger partial charge in [0.15, 0.2) is 0 Å². The fourth-order valence-electron chi connectivity index (χ4n) is 4.86. The Kier molecular flexibility index (Phi) is 3.88. The van der Waals surface area contributed by atoms with Crippen LogP contribution in [0, 0.1) is 12.3 Å². The molecule has 0 unspecified atom stereocenters. The number of aliphatic hydroxyl groups is 1. The zero-order valence-electron chi connectivity index (χ0n) is 22.5. The second-order valence-electron chi connectivity index (χ2n) is 8.52. The van der Waals surface area contributed by atoms with Crippen molar-refractivity contribution in [1.82, 2.24) is 0 Å². The standard InChI is InChI=1S/C28H23Cl3O/c1-18-23(19-11-5-3-6-12-19)21-15-9-10-16-22(21)25(29)24(18)28(32,20-13-7-4-8-14-20)26(2)17-27(26,30)31/h3-16,32H,17H2,1-2H3/t26-,28-/m1/s1/i3D,5D,6D,11D,12D. The van der Waals surface area contributed by atoms with E-state index in [9.17, 15) is 5.11 Å². The summed E-state index contributed by atoms with van der Waals surface area (Å²) < 4.78 is 40.7. The Bertz CT molecular complexity index is 1560. The Morgan fingerprint density at radius 3 is 2.09 bits per heavy atom. The van der Waals surface area contributed by atoms with Crippen LogP contribution in [0.15, 0.2) is 84.8 Å². The number of hydrogen-bond acceptors (Lipinski definition) is 1. The van der Waals surface area contributed by atoms with Gasteiger partial charge in [-0.15, -0.1) is 23.2 Å². The average molecular weight is 487 g/mol. The molecule has 0 bridgehead atoms. The van der Waals surface area contributed by atoms with Crippen molar-refractivity contribution in [3.63, 3.8) is 0 Å². The fourth-order valence-corrected chi connectivity index (χ4v) is 6.11. The minimum absolute atomic E-state index is 0.0389. The largest absolute Gasteiger partial charge is 0.380 e. The molecular weight excluding hydrogens is 459 g/mol. The van der Waals surface area contributed by atoms with Crippen molar-refractivity contribution in [2.24, 2.45) is 5.41 Å². The third kappa shape index (κ3) is 2.96. The topological polar surface area (TPSA) is 20.2 Å². The van der Waals surface area contributed by atoms with E-state index in [-0.39, 0.29) is 22.7 Å². The van der Waals surface area contributed by atoms with Crippen LogP contribution in [-0.2, 0) is 5.60 Å². The maximum absolute atomic E-state index is 12.7. The fraction of sp³-hybridized carbons (Fsp3) is 0.214. The Balaban J connectivity index is 2.00. The van der Waals surface area contributed by atoms with Gasteiger partial charge in [0.05, 0.1) is 11.9 Å². The van der Waals surface area contributed by atoms with E-state index in [1.807, 2.05) is 6.07 Å². The second kappa shape index (κ2) is 7.50. The van der Waals surface area contributed by atoms with Gasteiger partial charge in [-0.25, -0.2) is 0 Å². The smallest absolute Gasteiger partial charge is 0.127 e. The molecule has 0 amide bonds. The van der Waals surface area contributed by atoms with E-state index in [4.69, 9.17) is 41.7 Å². The van der Waals surface area contributed by atoms with Gasteiger partial charge in [-0.05, 0) is 41.0 Å². The van der Waals surface area contributed by atoms with Crippen molar-refractivity contribution in [3.8, 4) is 11.1 Å². The van der Waals surface area contributed by atoms with Crippen LogP contribution in [0.1, 0.15) is 36.9 Å². The van der Waals surface area contributed by atoms with Gasteiger partial charge in [-0.3, -0.25) is 0 Å². The first-order chi connectivity index (χ1) is 17.3. The number of hydrogen-bond donors (Lipinski definition) is 1. The summed E-state index contributed by atoms with van der Waals surface area (Å²) in [6.45, 7) is 3.54. The summed E-state index contributed by atoms with van der Waals surface area (Å²) >= 11 is 20.4. The number of fused-ring (bicyclic) bond motifs is 1. The summed E-state index contributed by atoms with van der Waals surface area (Å²) in [5.74, 6) is 0. The van der Waals surface area contributed by atoms with Gasteiger partial charge in [0.25, 0.3) is 0 Å². The number of halogens is 3. The van der Waals surface area contributed by atoms with Crippen LogP contribution in [0.5, 0.6) is 0 Å². The highest BCUT2D eigenvalue weighted by Crippen LogP contribution is 2.73. The molecule has 1 aliphatic rings. The molecule has 4 aromatic carbocycles. The molecule has 0 aliphatic heterocycles. The minimum atomic E-state index is -1.76. The Hall–Kier alpha value is -2.03. The van der Waals surface area contributed by atoms with Gasteiger partial charge < -0.3 is 5.11 Å². The zero-order valence-corrected chi connectivity index (χ0v) is 19.8. The first-order valence-corrected chi connectivity index (χ1v) is 11.4. The van der Waals surface area contributed by atoms with E-state index >= 15 is 0 Å². The Morgan fingerprint density at radius 2 is 1.50 bits per heavy atom. The van der Waals surface area contributed by atoms with Gasteiger partial charge in [0, 0.05) is 16.4 Å². The molecule has 1 aliphatic carbocycles. The van der Waals surface area contributed by atoms with Crippen molar-refractivity contribution < 1.29 is 12.0 Å². The van der Waals surface area contributed by atoms with Crippen LogP contribution >= 0.6 is 34.8 Å². The second-order valence-corrected chi connectivity index (χ2v) is 10.4. The highest BCUT2D eigenvalue weighted by Gasteiger charge is 2.74. The van der Waals surface area contributed by atoms with Gasteiger partial charge in [0.2, 0.25) is 0 Å². The lowest BCUT2D eigenvalue weighted by atomic mass is 9.71. The quantitative estimate of drug-likeness (QED) is 0.288. The molecule has 4 aromatic rings. The van der Waals surface area contributed by atoms with Crippen LogP contribution in [0.2, 0.25) is 5.02 Å². The molecule has 0 spiro atoms. The van der Waals surface area contributed by atoms with E-state index in [1.54, 1.807) is 62.4 Å². The zero-order chi connectivity index (χ0) is 27.1. The first kappa shape index (κ1) is 16.6. The molecule has 0 aromatic heterocycles. The number of alkyl halides is 2. The molecule has 0 heterocycles. The lowest BCUT2D eigenvalue weighted by Crippen LogP contribution is -2.40. The van der Waals surface area contributed by atoms with Crippen LogP contribution in [0.3, 0.4) is 0 Å². The Labute approximate surface area is 210 Å². The van der Waals surface area contributed by atoms with E-state index < -0.39 is 33.5 Å². The summed E-state index contributed by atoms with van der Waals surface area (Å²) in [6, 6.07) is 14.1. The summed E-state index contributed by atoms with van der Waals surface area (Å²) in [5.41, 5.74) is -0.994. The van der Waals surface area contributed by atoms with Gasteiger partial charge >= 0.3 is 0 Å². The third-order valence-electron chi connectivity index (χ3n) is 6.76. The summed E-state index contributed by atoms with van der Waals surface area (Å²) in [4.78, 5) is 0. The van der Waals surface area contributed by atoms with E-state index in [0.717, 1.165) is 0 Å². The van der Waals surface area contributed by atoms with Gasteiger partial charge in [-0.2, -0.15) is 0 Å². The van der Waals surface area contributed by atoms with Crippen molar-refractivity contribution in [3.05, 3.63) is 107 Å². The third-order valence-corrected chi connectivity index (χ3v) is 8.26. The number of rotatable bonds is 4. The predicted molar refractivity (Wildman–Crippen MR) is 136 cm³/mol. The molecule has 1 fully saturated rings. The van der Waals surface area contributed by atoms with Crippen molar-refractivity contribution >= 4 is 45.6 Å². The highest BCUT2D eigenvalue weighted by atomic mass is 35.5. The van der Waals surface area contributed by atoms with Crippen LogP contribution < -0.4 is 0 Å². The lowest BCUT2D eigenvalue weighted by molar-refractivity contribution is 0.00808. The molecular formula is C28H23Cl3O. The molecule has 4 heteroatoms. The Morgan fingerprint density at radius 1 is 0.938 bits per heavy atom. The van der Waals surface area contributed by atoms with E-state index in [2.05, 4.69) is 0 Å². The van der Waals surface area contributed by atoms with E-state index in [1.165, 1.54) is 0 Å². The van der Waals surface area contributed by atoms with Crippen molar-refractivity contribution in [2.75, 3.05) is 0 Å². The molecule has 0 radical (unpaired) electrons. The maximum Gasteiger partial charge on any atom is 0.127 e. The maximum atomic E-state index is 12.7. The van der Waals surface area contributed by atoms with Crippen molar-refractivity contribution in [1.29, 1.82) is 0 Å². The summed E-state index contributed by atoms with van der Waals surface area (Å²) in [6.07, 6.45) is 0.293. The van der Waals surface area contributed by atoms with Crippen LogP contribution in [-0.4, -0.2) is 9.44 Å². The highest BCUT2D eigenvalue weighted by molar-refractivity contribution is 6.51.